The summed E-state index contributed by atoms with van der Waals surface area (Å²) in [5.41, 5.74) is -0.526. The Balaban J connectivity index is 1.98. The maximum absolute atomic E-state index is 14.0. The van der Waals surface area contributed by atoms with Gasteiger partial charge in [-0.2, -0.15) is 0 Å². The molecule has 0 amide bonds. The van der Waals surface area contributed by atoms with E-state index in [0.717, 1.165) is 25.3 Å². The number of halogens is 2. The lowest BCUT2D eigenvalue weighted by Gasteiger charge is -2.45. The Kier molecular flexibility index (Phi) is 3.10. The van der Waals surface area contributed by atoms with Crippen LogP contribution in [0.1, 0.15) is 43.2 Å². The number of hydrogen-bond acceptors (Lipinski definition) is 2. The second-order valence-corrected chi connectivity index (χ2v) is 6.01. The van der Waals surface area contributed by atoms with Gasteiger partial charge in [-0.15, -0.1) is 0 Å². The predicted octanol–water partition coefficient (Wildman–Crippen LogP) is 2.77. The van der Waals surface area contributed by atoms with Crippen LogP contribution in [0, 0.1) is 18.6 Å². The van der Waals surface area contributed by atoms with Crippen molar-refractivity contribution in [3.8, 4) is 0 Å². The van der Waals surface area contributed by atoms with Gasteiger partial charge in [-0.05, 0) is 44.2 Å². The minimum atomic E-state index is -1.16. The summed E-state index contributed by atoms with van der Waals surface area (Å²) in [5.74, 6) is -1.19. The number of hydrogen-bond donors (Lipinski definition) is 2. The first-order valence-electron chi connectivity index (χ1n) is 6.92. The van der Waals surface area contributed by atoms with Gasteiger partial charge in [0.2, 0.25) is 0 Å². The van der Waals surface area contributed by atoms with Gasteiger partial charge in [0.15, 0.2) is 0 Å². The third kappa shape index (κ3) is 2.28. The minimum absolute atomic E-state index is 0.238. The summed E-state index contributed by atoms with van der Waals surface area (Å²) >= 11 is 0. The van der Waals surface area contributed by atoms with E-state index >= 15 is 0 Å². The molecule has 0 aliphatic carbocycles. The highest BCUT2D eigenvalue weighted by atomic mass is 19.1. The van der Waals surface area contributed by atoms with Crippen LogP contribution in [-0.2, 0) is 5.60 Å². The zero-order chi connectivity index (χ0) is 13.6. The zero-order valence-electron chi connectivity index (χ0n) is 11.0. The fraction of sp³-hybridized carbons (Fsp3) is 0.600. The van der Waals surface area contributed by atoms with Gasteiger partial charge in [0.05, 0.1) is 5.60 Å². The monoisotopic (exact) mass is 267 g/mol. The number of aryl methyl sites for hydroxylation is 1. The van der Waals surface area contributed by atoms with E-state index < -0.39 is 17.2 Å². The molecule has 2 saturated heterocycles. The highest BCUT2D eigenvalue weighted by Crippen LogP contribution is 2.40. The van der Waals surface area contributed by atoms with E-state index in [0.29, 0.717) is 18.4 Å². The van der Waals surface area contributed by atoms with E-state index in [1.165, 1.54) is 6.07 Å². The van der Waals surface area contributed by atoms with E-state index in [4.69, 9.17) is 0 Å². The van der Waals surface area contributed by atoms with Crippen LogP contribution >= 0.6 is 0 Å². The molecule has 2 atom stereocenters. The van der Waals surface area contributed by atoms with Crippen LogP contribution in [0.5, 0.6) is 0 Å². The lowest BCUT2D eigenvalue weighted by molar-refractivity contribution is -0.0384. The molecular weight excluding hydrogens is 248 g/mol. The van der Waals surface area contributed by atoms with Crippen molar-refractivity contribution in [1.29, 1.82) is 0 Å². The summed E-state index contributed by atoms with van der Waals surface area (Å²) < 4.78 is 27.4. The molecule has 104 valence electrons. The second-order valence-electron chi connectivity index (χ2n) is 6.01. The third-order valence-electron chi connectivity index (χ3n) is 4.49. The number of fused-ring (bicyclic) bond motifs is 2. The van der Waals surface area contributed by atoms with Gasteiger partial charge in [-0.25, -0.2) is 8.78 Å². The lowest BCUT2D eigenvalue weighted by atomic mass is 9.73. The smallest absolute Gasteiger partial charge is 0.132 e. The van der Waals surface area contributed by atoms with E-state index in [2.05, 4.69) is 5.32 Å². The van der Waals surface area contributed by atoms with Crippen LogP contribution in [0.3, 0.4) is 0 Å². The molecule has 2 aliphatic rings. The molecule has 2 nitrogen and oxygen atoms in total. The Hall–Kier alpha value is -1.00. The quantitative estimate of drug-likeness (QED) is 0.820. The van der Waals surface area contributed by atoms with Gasteiger partial charge in [0, 0.05) is 23.7 Å². The Bertz CT molecular complexity index is 491. The molecule has 1 aromatic rings. The number of aliphatic hydroxyl groups is 1. The molecule has 0 aromatic heterocycles. The average molecular weight is 267 g/mol. The summed E-state index contributed by atoms with van der Waals surface area (Å²) in [7, 11) is 0. The van der Waals surface area contributed by atoms with Crippen LogP contribution in [0.15, 0.2) is 12.1 Å². The molecule has 2 N–H and O–H groups in total. The standard InChI is InChI=1S/C15H19F2NO/c1-9-5-12(14(17)6-13(9)16)15(19)7-10-3-2-4-11(8-15)18-10/h5-6,10-11,18-19H,2-4,7-8H2,1H3. The Morgan fingerprint density at radius 1 is 1.16 bits per heavy atom. The topological polar surface area (TPSA) is 32.3 Å². The summed E-state index contributed by atoms with van der Waals surface area (Å²) in [6.45, 7) is 1.60. The SMILES string of the molecule is Cc1cc(C2(O)CC3CCCC(C2)N3)c(F)cc1F. The van der Waals surface area contributed by atoms with Gasteiger partial charge >= 0.3 is 0 Å². The van der Waals surface area contributed by atoms with Gasteiger partial charge in [-0.3, -0.25) is 0 Å². The Labute approximate surface area is 111 Å². The van der Waals surface area contributed by atoms with Crippen molar-refractivity contribution >= 4 is 0 Å². The molecular formula is C15H19F2NO. The molecule has 2 unspecified atom stereocenters. The van der Waals surface area contributed by atoms with Crippen molar-refractivity contribution in [2.24, 2.45) is 0 Å². The predicted molar refractivity (Wildman–Crippen MR) is 68.8 cm³/mol. The summed E-state index contributed by atoms with van der Waals surface area (Å²) in [6, 6.07) is 2.83. The van der Waals surface area contributed by atoms with Crippen LogP contribution < -0.4 is 5.32 Å². The fourth-order valence-corrected chi connectivity index (χ4v) is 3.56. The molecule has 0 saturated carbocycles. The first-order valence-corrected chi connectivity index (χ1v) is 6.92. The number of benzene rings is 1. The molecule has 2 heterocycles. The first kappa shape index (κ1) is 13.0. The van der Waals surface area contributed by atoms with Crippen molar-refractivity contribution in [2.75, 3.05) is 0 Å². The van der Waals surface area contributed by atoms with Crippen molar-refractivity contribution in [1.82, 2.24) is 5.32 Å². The molecule has 2 bridgehead atoms. The van der Waals surface area contributed by atoms with Gasteiger partial charge < -0.3 is 10.4 Å². The van der Waals surface area contributed by atoms with Crippen molar-refractivity contribution in [3.63, 3.8) is 0 Å². The molecule has 3 rings (SSSR count). The molecule has 19 heavy (non-hydrogen) atoms. The average Bonchev–Trinajstić information content (AvgIpc) is 2.33. The minimum Gasteiger partial charge on any atom is -0.385 e. The summed E-state index contributed by atoms with van der Waals surface area (Å²) in [5, 5.41) is 14.3. The first-order chi connectivity index (χ1) is 8.98. The Morgan fingerprint density at radius 2 is 1.79 bits per heavy atom. The van der Waals surface area contributed by atoms with Crippen molar-refractivity contribution in [3.05, 3.63) is 34.9 Å². The van der Waals surface area contributed by atoms with Gasteiger partial charge in [-0.1, -0.05) is 6.42 Å². The highest BCUT2D eigenvalue weighted by molar-refractivity contribution is 5.31. The molecule has 4 heteroatoms. The van der Waals surface area contributed by atoms with Crippen LogP contribution in [0.25, 0.3) is 0 Å². The molecule has 2 aliphatic heterocycles. The van der Waals surface area contributed by atoms with E-state index in [9.17, 15) is 13.9 Å². The van der Waals surface area contributed by atoms with Crippen LogP contribution in [0.2, 0.25) is 0 Å². The van der Waals surface area contributed by atoms with Crippen molar-refractivity contribution < 1.29 is 13.9 Å². The van der Waals surface area contributed by atoms with Gasteiger partial charge in [0.1, 0.15) is 11.6 Å². The Morgan fingerprint density at radius 3 is 2.42 bits per heavy atom. The summed E-state index contributed by atoms with van der Waals surface area (Å²) in [6.07, 6.45) is 4.20. The molecule has 0 spiro atoms. The van der Waals surface area contributed by atoms with Crippen LogP contribution in [0.4, 0.5) is 8.78 Å². The maximum Gasteiger partial charge on any atom is 0.132 e. The molecule has 2 fully saturated rings. The zero-order valence-corrected chi connectivity index (χ0v) is 11.0. The number of piperidine rings is 2. The molecule has 1 aromatic carbocycles. The number of rotatable bonds is 1. The van der Waals surface area contributed by atoms with Crippen LogP contribution in [-0.4, -0.2) is 17.2 Å². The van der Waals surface area contributed by atoms with E-state index in [1.807, 2.05) is 0 Å². The highest BCUT2D eigenvalue weighted by Gasteiger charge is 2.43. The van der Waals surface area contributed by atoms with E-state index in [1.54, 1.807) is 6.92 Å². The maximum atomic E-state index is 14.0. The van der Waals surface area contributed by atoms with E-state index in [-0.39, 0.29) is 17.6 Å². The third-order valence-corrected chi connectivity index (χ3v) is 4.49. The lowest BCUT2D eigenvalue weighted by Crippen LogP contribution is -2.54. The summed E-state index contributed by atoms with van der Waals surface area (Å²) in [4.78, 5) is 0. The molecule has 0 radical (unpaired) electrons. The van der Waals surface area contributed by atoms with Crippen molar-refractivity contribution in [2.45, 2.75) is 56.7 Å². The van der Waals surface area contributed by atoms with Gasteiger partial charge in [0.25, 0.3) is 0 Å². The largest absolute Gasteiger partial charge is 0.385 e. The number of nitrogens with one attached hydrogen (secondary N) is 1. The normalized spacial score (nSPS) is 34.3. The second kappa shape index (κ2) is 4.53. The fourth-order valence-electron chi connectivity index (χ4n) is 3.56.